The third kappa shape index (κ3) is 6.67. The number of benzene rings is 2. The normalized spacial score (nSPS) is 10.4. The van der Waals surface area contributed by atoms with Crippen LogP contribution in [0.2, 0.25) is 5.02 Å². The molecular formula is C24H22ClNO5S. The second-order valence-electron chi connectivity index (χ2n) is 6.87. The molecule has 0 fully saturated rings. The minimum absolute atomic E-state index is 0.0964. The average Bonchev–Trinajstić information content (AvgIpc) is 3.26. The molecule has 3 rings (SSSR count). The van der Waals surface area contributed by atoms with Crippen molar-refractivity contribution in [2.75, 3.05) is 13.2 Å². The molecule has 2 aromatic carbocycles. The SMILES string of the molecule is CC(=O)NCCc1ccc(C(=O)COC(=O)c2ccccc2OCc2ccccc2Cl)s1. The molecule has 166 valence electrons. The van der Waals surface area contributed by atoms with Gasteiger partial charge in [-0.25, -0.2) is 4.79 Å². The second-order valence-corrected chi connectivity index (χ2v) is 8.45. The Balaban J connectivity index is 1.56. The molecule has 1 heterocycles. The van der Waals surface area contributed by atoms with E-state index in [1.807, 2.05) is 24.3 Å². The number of hydrogen-bond donors (Lipinski definition) is 1. The van der Waals surface area contributed by atoms with E-state index in [9.17, 15) is 14.4 Å². The van der Waals surface area contributed by atoms with Crippen molar-refractivity contribution < 1.29 is 23.9 Å². The Hall–Kier alpha value is -3.16. The first kappa shape index (κ1) is 23.5. The number of ether oxygens (including phenoxy) is 2. The summed E-state index contributed by atoms with van der Waals surface area (Å²) in [4.78, 5) is 37.4. The van der Waals surface area contributed by atoms with Crippen LogP contribution >= 0.6 is 22.9 Å². The summed E-state index contributed by atoms with van der Waals surface area (Å²) in [5.74, 6) is -0.679. The minimum atomic E-state index is -0.643. The lowest BCUT2D eigenvalue weighted by molar-refractivity contribution is -0.118. The molecule has 0 aliphatic carbocycles. The predicted molar refractivity (Wildman–Crippen MR) is 124 cm³/mol. The summed E-state index contributed by atoms with van der Waals surface area (Å²) in [6.45, 7) is 1.78. The molecule has 1 amide bonds. The number of carbonyl (C=O) groups is 3. The fourth-order valence-corrected chi connectivity index (χ4v) is 3.96. The summed E-state index contributed by atoms with van der Waals surface area (Å²) < 4.78 is 11.0. The molecular weight excluding hydrogens is 450 g/mol. The lowest BCUT2D eigenvalue weighted by Gasteiger charge is -2.11. The summed E-state index contributed by atoms with van der Waals surface area (Å²) in [6.07, 6.45) is 0.632. The van der Waals surface area contributed by atoms with E-state index in [0.717, 1.165) is 10.4 Å². The molecule has 6 nitrogen and oxygen atoms in total. The van der Waals surface area contributed by atoms with Gasteiger partial charge in [0.15, 0.2) is 6.61 Å². The number of hydrogen-bond acceptors (Lipinski definition) is 6. The third-order valence-electron chi connectivity index (χ3n) is 4.46. The lowest BCUT2D eigenvalue weighted by atomic mass is 10.2. The van der Waals surface area contributed by atoms with E-state index in [0.29, 0.717) is 28.6 Å². The molecule has 0 radical (unpaired) electrons. The van der Waals surface area contributed by atoms with Crippen LogP contribution in [-0.2, 0) is 22.6 Å². The highest BCUT2D eigenvalue weighted by Gasteiger charge is 2.17. The summed E-state index contributed by atoms with van der Waals surface area (Å²) in [7, 11) is 0. The van der Waals surface area contributed by atoms with Crippen LogP contribution in [0.4, 0.5) is 0 Å². The third-order valence-corrected chi connectivity index (χ3v) is 6.02. The zero-order chi connectivity index (χ0) is 22.9. The van der Waals surface area contributed by atoms with Crippen LogP contribution in [-0.4, -0.2) is 30.8 Å². The Labute approximate surface area is 195 Å². The predicted octanol–water partition coefficient (Wildman–Crippen LogP) is 4.70. The van der Waals surface area contributed by atoms with Crippen molar-refractivity contribution in [1.29, 1.82) is 0 Å². The van der Waals surface area contributed by atoms with E-state index in [1.54, 1.807) is 36.4 Å². The largest absolute Gasteiger partial charge is 0.488 e. The molecule has 0 aliphatic rings. The molecule has 32 heavy (non-hydrogen) atoms. The fourth-order valence-electron chi connectivity index (χ4n) is 2.84. The van der Waals surface area contributed by atoms with E-state index in [2.05, 4.69) is 5.32 Å². The highest BCUT2D eigenvalue weighted by Crippen LogP contribution is 2.23. The van der Waals surface area contributed by atoms with Crippen LogP contribution in [0.15, 0.2) is 60.7 Å². The second kappa shape index (κ2) is 11.5. The molecule has 0 spiro atoms. The van der Waals surface area contributed by atoms with Gasteiger partial charge in [-0.2, -0.15) is 0 Å². The molecule has 0 aliphatic heterocycles. The van der Waals surface area contributed by atoms with Gasteiger partial charge in [0.05, 0.1) is 4.88 Å². The smallest absolute Gasteiger partial charge is 0.342 e. The topological polar surface area (TPSA) is 81.7 Å². The van der Waals surface area contributed by atoms with Gasteiger partial charge in [-0.05, 0) is 36.8 Å². The van der Waals surface area contributed by atoms with Crippen molar-refractivity contribution in [1.82, 2.24) is 5.32 Å². The molecule has 1 N–H and O–H groups in total. The molecule has 0 atom stereocenters. The number of carbonyl (C=O) groups excluding carboxylic acids is 3. The van der Waals surface area contributed by atoms with Crippen LogP contribution in [0.5, 0.6) is 5.75 Å². The van der Waals surface area contributed by atoms with E-state index >= 15 is 0 Å². The van der Waals surface area contributed by atoms with E-state index in [4.69, 9.17) is 21.1 Å². The molecule has 0 bridgehead atoms. The zero-order valence-electron chi connectivity index (χ0n) is 17.4. The van der Waals surface area contributed by atoms with Gasteiger partial charge in [-0.3, -0.25) is 9.59 Å². The van der Waals surface area contributed by atoms with Gasteiger partial charge in [0, 0.05) is 28.9 Å². The highest BCUT2D eigenvalue weighted by molar-refractivity contribution is 7.14. The van der Waals surface area contributed by atoms with Crippen LogP contribution in [0.3, 0.4) is 0 Å². The maximum atomic E-state index is 12.6. The van der Waals surface area contributed by atoms with Gasteiger partial charge in [0.25, 0.3) is 0 Å². The monoisotopic (exact) mass is 471 g/mol. The summed E-state index contributed by atoms with van der Waals surface area (Å²) in [5, 5.41) is 3.29. The molecule has 0 saturated carbocycles. The van der Waals surface area contributed by atoms with Gasteiger partial charge < -0.3 is 14.8 Å². The van der Waals surface area contributed by atoms with Crippen LogP contribution in [0.25, 0.3) is 0 Å². The van der Waals surface area contributed by atoms with E-state index < -0.39 is 5.97 Å². The molecule has 8 heteroatoms. The van der Waals surface area contributed by atoms with E-state index in [1.165, 1.54) is 18.3 Å². The zero-order valence-corrected chi connectivity index (χ0v) is 19.0. The van der Waals surface area contributed by atoms with Gasteiger partial charge in [-0.1, -0.05) is 41.9 Å². The number of Topliss-reactive ketones (excluding diaryl/α,β-unsaturated/α-hetero) is 1. The molecule has 0 saturated heterocycles. The minimum Gasteiger partial charge on any atom is -0.488 e. The fraction of sp³-hybridized carbons (Fsp3) is 0.208. The number of ketones is 1. The maximum Gasteiger partial charge on any atom is 0.342 e. The molecule has 1 aromatic heterocycles. The Morgan fingerprint density at radius 1 is 1.00 bits per heavy atom. The number of amides is 1. The van der Waals surface area contributed by atoms with Crippen molar-refractivity contribution in [2.45, 2.75) is 20.0 Å². The Morgan fingerprint density at radius 3 is 2.53 bits per heavy atom. The number of nitrogens with one attached hydrogen (secondary N) is 1. The summed E-state index contributed by atoms with van der Waals surface area (Å²) in [6, 6.07) is 17.5. The number of esters is 1. The quantitative estimate of drug-likeness (QED) is 0.342. The number of halogens is 1. The van der Waals surface area contributed by atoms with Gasteiger partial charge in [0.2, 0.25) is 11.7 Å². The lowest BCUT2D eigenvalue weighted by Crippen LogP contribution is -2.22. The highest BCUT2D eigenvalue weighted by atomic mass is 35.5. The first-order valence-corrected chi connectivity index (χ1v) is 11.1. The van der Waals surface area contributed by atoms with Crippen LogP contribution in [0.1, 0.15) is 37.4 Å². The van der Waals surface area contributed by atoms with Crippen molar-refractivity contribution in [3.05, 3.63) is 86.6 Å². The standard InChI is InChI=1S/C24H22ClNO5S/c1-16(27)26-13-12-18-10-11-23(32-18)21(28)15-31-24(29)19-7-3-5-9-22(19)30-14-17-6-2-4-8-20(17)25/h2-11H,12-15H2,1H3,(H,26,27). The maximum absolute atomic E-state index is 12.6. The van der Waals surface area contributed by atoms with Crippen molar-refractivity contribution in [3.8, 4) is 5.75 Å². The van der Waals surface area contributed by atoms with Gasteiger partial charge >= 0.3 is 5.97 Å². The first-order chi connectivity index (χ1) is 15.4. The Kier molecular flexibility index (Phi) is 8.41. The number of para-hydroxylation sites is 1. The van der Waals surface area contributed by atoms with Gasteiger partial charge in [-0.15, -0.1) is 11.3 Å². The first-order valence-electron chi connectivity index (χ1n) is 9.92. The van der Waals surface area contributed by atoms with Gasteiger partial charge in [0.1, 0.15) is 17.9 Å². The number of thiophene rings is 1. The van der Waals surface area contributed by atoms with Crippen molar-refractivity contribution in [3.63, 3.8) is 0 Å². The van der Waals surface area contributed by atoms with Crippen LogP contribution < -0.4 is 10.1 Å². The van der Waals surface area contributed by atoms with Crippen molar-refractivity contribution in [2.24, 2.45) is 0 Å². The van der Waals surface area contributed by atoms with Crippen LogP contribution in [0, 0.1) is 0 Å². The summed E-state index contributed by atoms with van der Waals surface area (Å²) in [5.41, 5.74) is 1.02. The molecule has 3 aromatic rings. The Morgan fingerprint density at radius 2 is 1.75 bits per heavy atom. The average molecular weight is 472 g/mol. The number of rotatable bonds is 10. The van der Waals surface area contributed by atoms with E-state index in [-0.39, 0.29) is 30.5 Å². The summed E-state index contributed by atoms with van der Waals surface area (Å²) >= 11 is 7.47. The Bertz CT molecular complexity index is 1110. The van der Waals surface area contributed by atoms with Crippen molar-refractivity contribution >= 4 is 40.6 Å². The molecule has 0 unspecified atom stereocenters.